The molecule has 0 spiro atoms. The third-order valence-corrected chi connectivity index (χ3v) is 4.04. The van der Waals surface area contributed by atoms with E-state index in [1.165, 1.54) is 32.5 Å². The molecule has 0 aromatic carbocycles. The summed E-state index contributed by atoms with van der Waals surface area (Å²) in [5.74, 6) is 1.73. The first-order valence-corrected chi connectivity index (χ1v) is 7.66. The van der Waals surface area contributed by atoms with Crippen LogP contribution in [-0.2, 0) is 0 Å². The van der Waals surface area contributed by atoms with Crippen molar-refractivity contribution in [2.24, 2.45) is 10.9 Å². The quantitative estimate of drug-likeness (QED) is 0.450. The maximum Gasteiger partial charge on any atom is 0.191 e. The van der Waals surface area contributed by atoms with Crippen LogP contribution >= 0.6 is 0 Å². The Bertz CT molecular complexity index is 316. The van der Waals surface area contributed by atoms with Crippen LogP contribution in [0, 0.1) is 5.92 Å². The Kier molecular flexibility index (Phi) is 5.70. The summed E-state index contributed by atoms with van der Waals surface area (Å²) < 4.78 is 0. The average Bonchev–Trinajstić information content (AvgIpc) is 3.06. The van der Waals surface area contributed by atoms with E-state index >= 15 is 0 Å². The van der Waals surface area contributed by atoms with E-state index in [4.69, 9.17) is 0 Å². The zero-order valence-corrected chi connectivity index (χ0v) is 12.4. The van der Waals surface area contributed by atoms with Gasteiger partial charge in [0.05, 0.1) is 0 Å². The van der Waals surface area contributed by atoms with Gasteiger partial charge in [0.2, 0.25) is 0 Å². The summed E-state index contributed by atoms with van der Waals surface area (Å²) in [5.41, 5.74) is 0. The molecule has 2 aliphatic rings. The summed E-state index contributed by atoms with van der Waals surface area (Å²) in [5, 5.41) is 6.97. The molecule has 19 heavy (non-hydrogen) atoms. The summed E-state index contributed by atoms with van der Waals surface area (Å²) in [6, 6.07) is 0.534. The molecule has 0 amide bonds. The highest BCUT2D eigenvalue weighted by atomic mass is 15.2. The molecule has 1 heterocycles. The molecular weight excluding hydrogens is 236 g/mol. The smallest absolute Gasteiger partial charge is 0.191 e. The third-order valence-electron chi connectivity index (χ3n) is 4.04. The third kappa shape index (κ3) is 4.53. The SMILES string of the molecule is CCCN1CCC(CNC(=NC)NC2CC=CC2)C1. The molecule has 0 saturated carbocycles. The Morgan fingerprint density at radius 1 is 1.37 bits per heavy atom. The minimum atomic E-state index is 0.534. The predicted molar refractivity (Wildman–Crippen MR) is 81.5 cm³/mol. The van der Waals surface area contributed by atoms with Gasteiger partial charge in [0.15, 0.2) is 5.96 Å². The second kappa shape index (κ2) is 7.53. The predicted octanol–water partition coefficient (Wildman–Crippen LogP) is 1.60. The fraction of sp³-hybridized carbons (Fsp3) is 0.800. The molecule has 1 unspecified atom stereocenters. The number of nitrogens with zero attached hydrogens (tertiary/aromatic N) is 2. The molecule has 1 aliphatic heterocycles. The van der Waals surface area contributed by atoms with E-state index in [1.807, 2.05) is 7.05 Å². The standard InChI is InChI=1S/C15H28N4/c1-3-9-19-10-8-13(12-19)11-17-15(16-2)18-14-6-4-5-7-14/h4-5,13-14H,3,6-12H2,1-2H3,(H2,16,17,18). The van der Waals surface area contributed by atoms with Gasteiger partial charge in [0.25, 0.3) is 0 Å². The van der Waals surface area contributed by atoms with Crippen LogP contribution < -0.4 is 10.6 Å². The molecule has 0 radical (unpaired) electrons. The first kappa shape index (κ1) is 14.4. The van der Waals surface area contributed by atoms with Crippen molar-refractivity contribution in [2.45, 2.75) is 38.6 Å². The maximum atomic E-state index is 4.32. The second-order valence-corrected chi connectivity index (χ2v) is 5.69. The Labute approximate surface area is 117 Å². The van der Waals surface area contributed by atoms with Crippen molar-refractivity contribution >= 4 is 5.96 Å². The van der Waals surface area contributed by atoms with E-state index in [9.17, 15) is 0 Å². The molecule has 2 N–H and O–H groups in total. The number of aliphatic imine (C=N–C) groups is 1. The van der Waals surface area contributed by atoms with Crippen molar-refractivity contribution in [2.75, 3.05) is 33.2 Å². The summed E-state index contributed by atoms with van der Waals surface area (Å²) in [6.07, 6.45) is 9.30. The normalized spacial score (nSPS) is 25.2. The number of hydrogen-bond acceptors (Lipinski definition) is 2. The van der Waals surface area contributed by atoms with Crippen LogP contribution in [0.15, 0.2) is 17.1 Å². The Morgan fingerprint density at radius 2 is 2.16 bits per heavy atom. The molecule has 1 atom stereocenters. The van der Waals surface area contributed by atoms with Crippen LogP contribution in [0.2, 0.25) is 0 Å². The molecule has 108 valence electrons. The molecule has 0 aromatic heterocycles. The highest BCUT2D eigenvalue weighted by molar-refractivity contribution is 5.80. The van der Waals surface area contributed by atoms with Crippen molar-refractivity contribution in [3.63, 3.8) is 0 Å². The summed E-state index contributed by atoms with van der Waals surface area (Å²) in [4.78, 5) is 6.89. The van der Waals surface area contributed by atoms with Gasteiger partial charge in [-0.1, -0.05) is 19.1 Å². The maximum absolute atomic E-state index is 4.32. The first-order valence-electron chi connectivity index (χ1n) is 7.66. The van der Waals surface area contributed by atoms with E-state index < -0.39 is 0 Å². The van der Waals surface area contributed by atoms with Crippen LogP contribution in [-0.4, -0.2) is 50.1 Å². The van der Waals surface area contributed by atoms with E-state index in [0.29, 0.717) is 6.04 Å². The van der Waals surface area contributed by atoms with Crippen LogP contribution in [0.1, 0.15) is 32.6 Å². The van der Waals surface area contributed by atoms with Crippen LogP contribution in [0.5, 0.6) is 0 Å². The van der Waals surface area contributed by atoms with Gasteiger partial charge in [0, 0.05) is 26.2 Å². The van der Waals surface area contributed by atoms with Crippen molar-refractivity contribution in [3.05, 3.63) is 12.2 Å². The minimum Gasteiger partial charge on any atom is -0.356 e. The largest absolute Gasteiger partial charge is 0.356 e. The van der Waals surface area contributed by atoms with Gasteiger partial charge >= 0.3 is 0 Å². The van der Waals surface area contributed by atoms with Gasteiger partial charge in [0.1, 0.15) is 0 Å². The van der Waals surface area contributed by atoms with Crippen LogP contribution in [0.3, 0.4) is 0 Å². The van der Waals surface area contributed by atoms with Gasteiger partial charge in [-0.2, -0.15) is 0 Å². The molecule has 4 nitrogen and oxygen atoms in total. The van der Waals surface area contributed by atoms with Gasteiger partial charge in [-0.3, -0.25) is 4.99 Å². The molecule has 0 bridgehead atoms. The second-order valence-electron chi connectivity index (χ2n) is 5.69. The summed E-state index contributed by atoms with van der Waals surface area (Å²) >= 11 is 0. The molecule has 1 fully saturated rings. The lowest BCUT2D eigenvalue weighted by atomic mass is 10.1. The lowest BCUT2D eigenvalue weighted by Gasteiger charge is -2.19. The monoisotopic (exact) mass is 264 g/mol. The zero-order chi connectivity index (χ0) is 13.5. The van der Waals surface area contributed by atoms with Gasteiger partial charge in [-0.15, -0.1) is 0 Å². The minimum absolute atomic E-state index is 0.534. The summed E-state index contributed by atoms with van der Waals surface area (Å²) in [6.45, 7) is 7.05. The number of nitrogens with one attached hydrogen (secondary N) is 2. The van der Waals surface area contributed by atoms with Crippen LogP contribution in [0.4, 0.5) is 0 Å². The first-order chi connectivity index (χ1) is 9.31. The lowest BCUT2D eigenvalue weighted by molar-refractivity contribution is 0.324. The van der Waals surface area contributed by atoms with Gasteiger partial charge < -0.3 is 15.5 Å². The van der Waals surface area contributed by atoms with Crippen molar-refractivity contribution in [1.82, 2.24) is 15.5 Å². The van der Waals surface area contributed by atoms with E-state index in [1.54, 1.807) is 0 Å². The highest BCUT2D eigenvalue weighted by Gasteiger charge is 2.22. The van der Waals surface area contributed by atoms with Gasteiger partial charge in [-0.25, -0.2) is 0 Å². The fourth-order valence-corrected chi connectivity index (χ4v) is 2.96. The van der Waals surface area contributed by atoms with E-state index in [0.717, 1.165) is 31.3 Å². The fourth-order valence-electron chi connectivity index (χ4n) is 2.96. The lowest BCUT2D eigenvalue weighted by Crippen LogP contribution is -2.44. The number of likely N-dealkylation sites (tertiary alicyclic amines) is 1. The average molecular weight is 264 g/mol. The molecular formula is C15H28N4. The van der Waals surface area contributed by atoms with E-state index in [-0.39, 0.29) is 0 Å². The zero-order valence-electron chi connectivity index (χ0n) is 12.4. The number of rotatable bonds is 5. The molecule has 0 aromatic rings. The molecule has 1 saturated heterocycles. The Morgan fingerprint density at radius 3 is 2.84 bits per heavy atom. The van der Waals surface area contributed by atoms with Crippen molar-refractivity contribution < 1.29 is 0 Å². The number of hydrogen-bond donors (Lipinski definition) is 2. The highest BCUT2D eigenvalue weighted by Crippen LogP contribution is 2.15. The van der Waals surface area contributed by atoms with E-state index in [2.05, 4.69) is 39.6 Å². The van der Waals surface area contributed by atoms with Gasteiger partial charge in [-0.05, 0) is 44.7 Å². The van der Waals surface area contributed by atoms with Crippen LogP contribution in [0.25, 0.3) is 0 Å². The van der Waals surface area contributed by atoms with Crippen molar-refractivity contribution in [1.29, 1.82) is 0 Å². The Balaban J connectivity index is 1.66. The molecule has 4 heteroatoms. The Hall–Kier alpha value is -1.03. The molecule has 2 rings (SSSR count). The summed E-state index contributed by atoms with van der Waals surface area (Å²) in [7, 11) is 1.86. The number of guanidine groups is 1. The van der Waals surface area contributed by atoms with Crippen molar-refractivity contribution in [3.8, 4) is 0 Å². The topological polar surface area (TPSA) is 39.7 Å². The molecule has 1 aliphatic carbocycles.